The van der Waals surface area contributed by atoms with Crippen molar-refractivity contribution in [1.82, 2.24) is 9.13 Å². The molecular weight excluding hydrogens is 849 g/mol. The standard InChI is InChI=1S/2C24H22F2N.2C5H5.Ti/c2*25-19-15-14-18(22(26)17-19)9-3-1-2-8-16-27-23-12-6-4-10-20(23)21-11-5-7-13-24(21)27;2*1-2-4-5-3-1;/h2*4-7,10-15H,1-3,8-9,16H2;2*1-3H,4H2;. The fourth-order valence-electron chi connectivity index (χ4n) is 11.1. The van der Waals surface area contributed by atoms with Crippen molar-refractivity contribution in [2.24, 2.45) is 0 Å². The molecule has 0 N–H and O–H groups in total. The molecule has 0 saturated heterocycles. The van der Waals surface area contributed by atoms with Crippen LogP contribution in [0, 0.1) is 23.3 Å². The van der Waals surface area contributed by atoms with Gasteiger partial charge in [-0.15, -0.1) is 0 Å². The van der Waals surface area contributed by atoms with Gasteiger partial charge in [-0.2, -0.15) is 0 Å². The van der Waals surface area contributed by atoms with Gasteiger partial charge in [-0.05, 0) is 0 Å². The number of hydrogen-bond donors (Lipinski definition) is 0. The number of halogens is 4. The third-order valence-corrected chi connectivity index (χ3v) is 22.1. The Morgan fingerprint density at radius 2 is 0.754 bits per heavy atom. The van der Waals surface area contributed by atoms with Crippen LogP contribution in [0.5, 0.6) is 0 Å². The second-order valence-corrected chi connectivity index (χ2v) is 23.8. The minimum atomic E-state index is -4.90. The summed E-state index contributed by atoms with van der Waals surface area (Å²) in [5.41, 5.74) is 5.73. The van der Waals surface area contributed by atoms with E-state index in [4.69, 9.17) is 0 Å². The van der Waals surface area contributed by atoms with Gasteiger partial charge in [-0.25, -0.2) is 0 Å². The van der Waals surface area contributed by atoms with E-state index < -0.39 is 39.9 Å². The van der Waals surface area contributed by atoms with E-state index >= 15 is 17.6 Å². The molecule has 0 fully saturated rings. The molecule has 328 valence electrons. The first kappa shape index (κ1) is 43.2. The summed E-state index contributed by atoms with van der Waals surface area (Å²) in [4.78, 5) is 0. The fraction of sp³-hybridized carbons (Fsp3) is 0.241. The van der Waals surface area contributed by atoms with E-state index in [0.29, 0.717) is 36.8 Å². The second kappa shape index (κ2) is 19.0. The van der Waals surface area contributed by atoms with Gasteiger partial charge in [0.25, 0.3) is 0 Å². The normalized spacial score (nSPS) is 13.9. The summed E-state index contributed by atoms with van der Waals surface area (Å²) in [5.74, 6) is -2.71. The minimum absolute atomic E-state index is 0.0984. The van der Waals surface area contributed by atoms with Crippen molar-refractivity contribution in [1.29, 1.82) is 0 Å². The summed E-state index contributed by atoms with van der Waals surface area (Å²) in [6, 6.07) is 39.8. The fourth-order valence-corrected chi connectivity index (χ4v) is 19.4. The van der Waals surface area contributed by atoms with Gasteiger partial charge in [0.05, 0.1) is 0 Å². The molecule has 10 rings (SSSR count). The molecule has 0 radical (unpaired) electrons. The Hall–Kier alpha value is -5.69. The number of fused-ring (bicyclic) bond motifs is 6. The maximum absolute atomic E-state index is 17.5. The van der Waals surface area contributed by atoms with Crippen molar-refractivity contribution in [3.63, 3.8) is 0 Å². The number of benzene rings is 6. The molecule has 7 heteroatoms. The molecule has 8 aromatic rings. The van der Waals surface area contributed by atoms with Crippen molar-refractivity contribution >= 4 is 51.3 Å². The average Bonchev–Trinajstić information content (AvgIpc) is 4.17. The van der Waals surface area contributed by atoms with Crippen LogP contribution in [0.2, 0.25) is 0 Å². The molecule has 2 aliphatic rings. The molecule has 6 aromatic carbocycles. The van der Waals surface area contributed by atoms with E-state index in [1.165, 1.54) is 55.7 Å². The monoisotopic (exact) mass is 902 g/mol. The summed E-state index contributed by atoms with van der Waals surface area (Å²) in [7, 11) is 0. The van der Waals surface area contributed by atoms with Gasteiger partial charge in [-0.1, -0.05) is 72.8 Å². The van der Waals surface area contributed by atoms with E-state index in [2.05, 4.69) is 106 Å². The molecule has 0 bridgehead atoms. The van der Waals surface area contributed by atoms with Gasteiger partial charge in [-0.3, -0.25) is 0 Å². The Kier molecular flexibility index (Phi) is 12.7. The van der Waals surface area contributed by atoms with Crippen molar-refractivity contribution in [3.8, 4) is 0 Å². The molecule has 0 saturated carbocycles. The van der Waals surface area contributed by atoms with Gasteiger partial charge in [0.15, 0.2) is 0 Å². The Labute approximate surface area is 382 Å². The Balaban J connectivity index is 0.871. The predicted molar refractivity (Wildman–Crippen MR) is 259 cm³/mol. The van der Waals surface area contributed by atoms with Gasteiger partial charge in [0.2, 0.25) is 0 Å². The van der Waals surface area contributed by atoms with Gasteiger partial charge >= 0.3 is 312 Å². The van der Waals surface area contributed by atoms with Crippen LogP contribution in [0.4, 0.5) is 17.6 Å². The van der Waals surface area contributed by atoms with Crippen LogP contribution in [0.1, 0.15) is 75.3 Å². The third kappa shape index (κ3) is 7.97. The molecule has 65 heavy (non-hydrogen) atoms. The maximum atomic E-state index is 17.5. The molecule has 0 spiro atoms. The molecule has 2 aliphatic carbocycles. The number of nitrogens with zero attached hydrogens (tertiary/aromatic N) is 2. The van der Waals surface area contributed by atoms with Crippen LogP contribution in [-0.4, -0.2) is 9.13 Å². The first-order valence-electron chi connectivity index (χ1n) is 23.6. The topological polar surface area (TPSA) is 9.86 Å². The van der Waals surface area contributed by atoms with E-state index in [-0.39, 0.29) is 7.74 Å². The predicted octanol–water partition coefficient (Wildman–Crippen LogP) is 14.9. The van der Waals surface area contributed by atoms with Gasteiger partial charge in [0.1, 0.15) is 0 Å². The van der Waals surface area contributed by atoms with Crippen LogP contribution in [0.3, 0.4) is 0 Å². The third-order valence-electron chi connectivity index (χ3n) is 14.1. The first-order valence-corrected chi connectivity index (χ1v) is 26.7. The number of aromatic nitrogens is 2. The van der Waals surface area contributed by atoms with Crippen molar-refractivity contribution < 1.29 is 34.2 Å². The van der Waals surface area contributed by atoms with Crippen LogP contribution in [0.25, 0.3) is 43.6 Å². The summed E-state index contributed by atoms with van der Waals surface area (Å²) in [6.45, 7) is 1.76. The Morgan fingerprint density at radius 1 is 0.400 bits per heavy atom. The number of para-hydroxylation sites is 4. The quantitative estimate of drug-likeness (QED) is 0.0461. The zero-order chi connectivity index (χ0) is 44.3. The number of allylic oxidation sites excluding steroid dienone is 8. The molecule has 2 heterocycles. The van der Waals surface area contributed by atoms with Gasteiger partial charge in [0, 0.05) is 0 Å². The van der Waals surface area contributed by atoms with Gasteiger partial charge < -0.3 is 0 Å². The summed E-state index contributed by atoms with van der Waals surface area (Å²) in [6.07, 6.45) is 20.1. The van der Waals surface area contributed by atoms with Crippen LogP contribution >= 0.6 is 0 Å². The molecule has 0 amide bonds. The van der Waals surface area contributed by atoms with E-state index in [0.717, 1.165) is 72.2 Å². The first-order chi connectivity index (χ1) is 32.0. The summed E-state index contributed by atoms with van der Waals surface area (Å²) in [5, 5.41) is 5.02. The SMILES string of the molecule is Fc1ccc(CCCCCCn2c3ccccc3c3ccccc32)c(F)[c]1[Ti]([C]1=CC=CC1)([C]1=CC=CC1)[c]1c(F)ccc(CCCCCCn2c3ccccc3c3ccccc32)c1F. The van der Waals surface area contributed by atoms with Crippen LogP contribution in [-0.2, 0) is 42.5 Å². The zero-order valence-electron chi connectivity index (χ0n) is 36.8. The molecule has 0 unspecified atom stereocenters. The molecule has 2 nitrogen and oxygen atoms in total. The Bertz CT molecular complexity index is 2860. The number of rotatable bonds is 18. The van der Waals surface area contributed by atoms with Crippen molar-refractivity contribution in [2.75, 3.05) is 0 Å². The molecule has 2 aromatic heterocycles. The van der Waals surface area contributed by atoms with E-state index in [1.807, 2.05) is 36.5 Å². The zero-order valence-corrected chi connectivity index (χ0v) is 38.4. The number of unbranched alkanes of at least 4 members (excludes halogenated alkanes) is 6. The van der Waals surface area contributed by atoms with Crippen LogP contribution < -0.4 is 7.74 Å². The number of aryl methyl sites for hydroxylation is 4. The van der Waals surface area contributed by atoms with E-state index in [1.54, 1.807) is 12.1 Å². The summed E-state index contributed by atoms with van der Waals surface area (Å²) >= 11 is -4.90. The molecule has 0 atom stereocenters. The van der Waals surface area contributed by atoms with Crippen LogP contribution in [0.15, 0.2) is 166 Å². The number of hydrogen-bond acceptors (Lipinski definition) is 0. The van der Waals surface area contributed by atoms with Crippen molar-refractivity contribution in [2.45, 2.75) is 90.1 Å². The molecule has 0 aliphatic heterocycles. The summed E-state index contributed by atoms with van der Waals surface area (Å²) < 4.78 is 74.7. The molecular formula is C58H54F4N2Ti. The average molecular weight is 903 g/mol. The second-order valence-electron chi connectivity index (χ2n) is 17.9. The van der Waals surface area contributed by atoms with Crippen molar-refractivity contribution in [3.05, 3.63) is 200 Å². The van der Waals surface area contributed by atoms with E-state index in [9.17, 15) is 0 Å². The Morgan fingerprint density at radius 3 is 1.11 bits per heavy atom.